The van der Waals surface area contributed by atoms with Gasteiger partial charge in [-0.15, -0.1) is 0 Å². The number of hydrogen-bond donors (Lipinski definition) is 2. The van der Waals surface area contributed by atoms with Crippen molar-refractivity contribution in [1.29, 1.82) is 0 Å². The summed E-state index contributed by atoms with van der Waals surface area (Å²) >= 11 is 0. The Balaban J connectivity index is 2.52. The zero-order valence-electron chi connectivity index (χ0n) is 5.38. The van der Waals surface area contributed by atoms with Crippen molar-refractivity contribution in [1.82, 2.24) is 0 Å². The Kier molecular flexibility index (Phi) is 1.88. The van der Waals surface area contributed by atoms with Gasteiger partial charge in [0.15, 0.2) is 5.79 Å². The molecule has 0 spiro atoms. The molecule has 0 bridgehead atoms. The molecule has 0 unspecified atom stereocenters. The van der Waals surface area contributed by atoms with Gasteiger partial charge in [0.2, 0.25) is 0 Å². The molecule has 2 N–H and O–H groups in total. The SMILES string of the molecule is OC1(O)C=CCCCC1. The molecular formula is C7H12O2. The third kappa shape index (κ3) is 2.16. The molecule has 0 amide bonds. The van der Waals surface area contributed by atoms with Crippen LogP contribution >= 0.6 is 0 Å². The number of aliphatic hydroxyl groups is 2. The molecule has 9 heavy (non-hydrogen) atoms. The summed E-state index contributed by atoms with van der Waals surface area (Å²) in [6, 6.07) is 0. The van der Waals surface area contributed by atoms with Crippen molar-refractivity contribution in [3.05, 3.63) is 12.2 Å². The molecule has 0 aromatic rings. The Labute approximate surface area is 54.8 Å². The minimum absolute atomic E-state index is 0.476. The topological polar surface area (TPSA) is 40.5 Å². The van der Waals surface area contributed by atoms with Crippen LogP contribution < -0.4 is 0 Å². The summed E-state index contributed by atoms with van der Waals surface area (Å²) in [7, 11) is 0. The van der Waals surface area contributed by atoms with E-state index in [4.69, 9.17) is 10.2 Å². The smallest absolute Gasteiger partial charge is 0.182 e. The van der Waals surface area contributed by atoms with Crippen LogP contribution in [0.15, 0.2) is 12.2 Å². The van der Waals surface area contributed by atoms with Crippen LogP contribution in [0.25, 0.3) is 0 Å². The van der Waals surface area contributed by atoms with Gasteiger partial charge in [-0.3, -0.25) is 0 Å². The number of hydrogen-bond acceptors (Lipinski definition) is 2. The fourth-order valence-electron chi connectivity index (χ4n) is 1.00. The molecule has 1 aliphatic carbocycles. The van der Waals surface area contributed by atoms with Crippen molar-refractivity contribution < 1.29 is 10.2 Å². The van der Waals surface area contributed by atoms with E-state index in [1.165, 1.54) is 6.08 Å². The van der Waals surface area contributed by atoms with E-state index in [0.29, 0.717) is 6.42 Å². The minimum Gasteiger partial charge on any atom is -0.362 e. The predicted molar refractivity (Wildman–Crippen MR) is 34.8 cm³/mol. The first-order valence-electron chi connectivity index (χ1n) is 3.33. The Hall–Kier alpha value is -0.340. The lowest BCUT2D eigenvalue weighted by molar-refractivity contribution is -0.122. The van der Waals surface area contributed by atoms with E-state index in [1.807, 2.05) is 6.08 Å². The van der Waals surface area contributed by atoms with E-state index < -0.39 is 5.79 Å². The van der Waals surface area contributed by atoms with Gasteiger partial charge in [0.05, 0.1) is 0 Å². The summed E-state index contributed by atoms with van der Waals surface area (Å²) in [5, 5.41) is 18.0. The van der Waals surface area contributed by atoms with Crippen molar-refractivity contribution in [2.45, 2.75) is 31.5 Å². The first kappa shape index (κ1) is 6.78. The van der Waals surface area contributed by atoms with Crippen LogP contribution in [0, 0.1) is 0 Å². The van der Waals surface area contributed by atoms with E-state index in [1.54, 1.807) is 0 Å². The first-order valence-corrected chi connectivity index (χ1v) is 3.33. The molecule has 0 aliphatic heterocycles. The van der Waals surface area contributed by atoms with Gasteiger partial charge in [-0.25, -0.2) is 0 Å². The van der Waals surface area contributed by atoms with Crippen LogP contribution in [0.5, 0.6) is 0 Å². The number of allylic oxidation sites excluding steroid dienone is 1. The van der Waals surface area contributed by atoms with Crippen molar-refractivity contribution in [2.75, 3.05) is 0 Å². The molecule has 0 atom stereocenters. The second kappa shape index (κ2) is 2.50. The lowest BCUT2D eigenvalue weighted by Gasteiger charge is -2.14. The van der Waals surface area contributed by atoms with E-state index >= 15 is 0 Å². The molecule has 2 heteroatoms. The molecule has 0 aromatic heterocycles. The van der Waals surface area contributed by atoms with Crippen LogP contribution in [0.1, 0.15) is 25.7 Å². The predicted octanol–water partition coefficient (Wildman–Crippen LogP) is 0.797. The van der Waals surface area contributed by atoms with Gasteiger partial charge in [-0.05, 0) is 25.3 Å². The summed E-state index contributed by atoms with van der Waals surface area (Å²) in [6.07, 6.45) is 6.72. The van der Waals surface area contributed by atoms with Gasteiger partial charge in [-0.2, -0.15) is 0 Å². The summed E-state index contributed by atoms with van der Waals surface area (Å²) in [5.41, 5.74) is 0. The van der Waals surface area contributed by atoms with E-state index in [0.717, 1.165) is 19.3 Å². The average Bonchev–Trinajstić information content (AvgIpc) is 1.92. The molecule has 2 nitrogen and oxygen atoms in total. The van der Waals surface area contributed by atoms with Crippen molar-refractivity contribution in [2.24, 2.45) is 0 Å². The Morgan fingerprint density at radius 3 is 2.78 bits per heavy atom. The fourth-order valence-corrected chi connectivity index (χ4v) is 1.00. The summed E-state index contributed by atoms with van der Waals surface area (Å²) < 4.78 is 0. The Morgan fingerprint density at radius 1 is 1.22 bits per heavy atom. The van der Waals surface area contributed by atoms with Crippen LogP contribution in [0.2, 0.25) is 0 Å². The largest absolute Gasteiger partial charge is 0.362 e. The highest BCUT2D eigenvalue weighted by atomic mass is 16.5. The lowest BCUT2D eigenvalue weighted by atomic mass is 10.1. The molecule has 52 valence electrons. The summed E-state index contributed by atoms with van der Waals surface area (Å²) in [4.78, 5) is 0. The number of rotatable bonds is 0. The zero-order valence-corrected chi connectivity index (χ0v) is 5.38. The molecule has 0 heterocycles. The minimum atomic E-state index is -1.52. The maximum atomic E-state index is 9.02. The van der Waals surface area contributed by atoms with Crippen LogP contribution in [0.4, 0.5) is 0 Å². The summed E-state index contributed by atoms with van der Waals surface area (Å²) in [5.74, 6) is -1.52. The Morgan fingerprint density at radius 2 is 2.00 bits per heavy atom. The molecule has 0 saturated carbocycles. The molecule has 0 radical (unpaired) electrons. The van der Waals surface area contributed by atoms with Gasteiger partial charge in [0, 0.05) is 6.42 Å². The fraction of sp³-hybridized carbons (Fsp3) is 0.714. The maximum Gasteiger partial charge on any atom is 0.182 e. The van der Waals surface area contributed by atoms with E-state index in [2.05, 4.69) is 0 Å². The van der Waals surface area contributed by atoms with Crippen LogP contribution in [0.3, 0.4) is 0 Å². The lowest BCUT2D eigenvalue weighted by Crippen LogP contribution is -2.23. The zero-order chi connectivity index (χ0) is 6.74. The third-order valence-corrected chi connectivity index (χ3v) is 1.55. The average molecular weight is 128 g/mol. The normalized spacial score (nSPS) is 25.6. The van der Waals surface area contributed by atoms with Gasteiger partial charge in [-0.1, -0.05) is 6.08 Å². The second-order valence-corrected chi connectivity index (χ2v) is 2.53. The standard InChI is InChI=1S/C7H12O2/c8-7(9)5-3-1-2-4-6-7/h3,5,8-9H,1-2,4,6H2. The van der Waals surface area contributed by atoms with Gasteiger partial charge in [0.25, 0.3) is 0 Å². The third-order valence-electron chi connectivity index (χ3n) is 1.55. The van der Waals surface area contributed by atoms with E-state index in [-0.39, 0.29) is 0 Å². The monoisotopic (exact) mass is 128 g/mol. The van der Waals surface area contributed by atoms with E-state index in [9.17, 15) is 0 Å². The van der Waals surface area contributed by atoms with Gasteiger partial charge < -0.3 is 10.2 Å². The highest BCUT2D eigenvalue weighted by molar-refractivity contribution is 4.95. The molecule has 0 aromatic carbocycles. The first-order chi connectivity index (χ1) is 4.21. The molecular weight excluding hydrogens is 116 g/mol. The summed E-state index contributed by atoms with van der Waals surface area (Å²) in [6.45, 7) is 0. The van der Waals surface area contributed by atoms with Crippen molar-refractivity contribution in [3.63, 3.8) is 0 Å². The van der Waals surface area contributed by atoms with Gasteiger partial charge in [0.1, 0.15) is 0 Å². The van der Waals surface area contributed by atoms with Gasteiger partial charge >= 0.3 is 0 Å². The molecule has 1 rings (SSSR count). The van der Waals surface area contributed by atoms with Crippen LogP contribution in [-0.4, -0.2) is 16.0 Å². The molecule has 1 aliphatic rings. The Bertz CT molecular complexity index is 116. The van der Waals surface area contributed by atoms with Crippen molar-refractivity contribution in [3.8, 4) is 0 Å². The van der Waals surface area contributed by atoms with Crippen molar-refractivity contribution >= 4 is 0 Å². The molecule has 0 fully saturated rings. The highest BCUT2D eigenvalue weighted by Crippen LogP contribution is 2.17. The quantitative estimate of drug-likeness (QED) is 0.374. The maximum absolute atomic E-state index is 9.02. The van der Waals surface area contributed by atoms with Crippen LogP contribution in [-0.2, 0) is 0 Å². The second-order valence-electron chi connectivity index (χ2n) is 2.53. The molecule has 0 saturated heterocycles. The highest BCUT2D eigenvalue weighted by Gasteiger charge is 2.18.